The van der Waals surface area contributed by atoms with Crippen molar-refractivity contribution in [1.29, 1.82) is 0 Å². The summed E-state index contributed by atoms with van der Waals surface area (Å²) in [6.07, 6.45) is 0. The van der Waals surface area contributed by atoms with Crippen molar-refractivity contribution in [1.82, 2.24) is 5.32 Å². The highest BCUT2D eigenvalue weighted by Gasteiger charge is 2.17. The highest BCUT2D eigenvalue weighted by atomic mass is 16.5. The van der Waals surface area contributed by atoms with Crippen molar-refractivity contribution < 1.29 is 14.3 Å². The maximum atomic E-state index is 12.1. The predicted octanol–water partition coefficient (Wildman–Crippen LogP) is 3.21. The van der Waals surface area contributed by atoms with Gasteiger partial charge in [-0.15, -0.1) is 0 Å². The molecular weight excluding hydrogens is 304 g/mol. The van der Waals surface area contributed by atoms with Gasteiger partial charge in [0.05, 0.1) is 12.6 Å². The van der Waals surface area contributed by atoms with E-state index in [1.165, 1.54) is 0 Å². The Labute approximate surface area is 142 Å². The minimum atomic E-state index is -0.679. The molecule has 0 aromatic heterocycles. The van der Waals surface area contributed by atoms with Gasteiger partial charge in [0.15, 0.2) is 0 Å². The number of ether oxygens (including phenoxy) is 1. The lowest BCUT2D eigenvalue weighted by atomic mass is 10.1. The van der Waals surface area contributed by atoms with E-state index in [1.807, 2.05) is 63.2 Å². The molecule has 24 heavy (non-hydrogen) atoms. The largest absolute Gasteiger partial charge is 0.494 e. The molecule has 0 aliphatic carbocycles. The normalized spacial score (nSPS) is 11.5. The van der Waals surface area contributed by atoms with E-state index < -0.39 is 11.8 Å². The zero-order chi connectivity index (χ0) is 17.5. The fourth-order valence-corrected chi connectivity index (χ4v) is 2.26. The highest BCUT2D eigenvalue weighted by Crippen LogP contribution is 2.18. The lowest BCUT2D eigenvalue weighted by Gasteiger charge is -2.15. The summed E-state index contributed by atoms with van der Waals surface area (Å²) >= 11 is 0. The summed E-state index contributed by atoms with van der Waals surface area (Å²) in [7, 11) is 0. The average molecular weight is 326 g/mol. The van der Waals surface area contributed by atoms with Gasteiger partial charge in [0.25, 0.3) is 0 Å². The van der Waals surface area contributed by atoms with Crippen molar-refractivity contribution in [3.63, 3.8) is 0 Å². The van der Waals surface area contributed by atoms with Crippen molar-refractivity contribution in [3.05, 3.63) is 59.7 Å². The van der Waals surface area contributed by atoms with Crippen LogP contribution in [0.3, 0.4) is 0 Å². The van der Waals surface area contributed by atoms with Crippen LogP contribution in [0.1, 0.15) is 31.0 Å². The molecular formula is C19H22N2O3. The van der Waals surface area contributed by atoms with Crippen molar-refractivity contribution in [2.24, 2.45) is 0 Å². The number of para-hydroxylation sites is 1. The number of amides is 2. The molecule has 0 fully saturated rings. The molecule has 1 unspecified atom stereocenters. The maximum Gasteiger partial charge on any atom is 0.313 e. The van der Waals surface area contributed by atoms with E-state index in [4.69, 9.17) is 4.74 Å². The summed E-state index contributed by atoms with van der Waals surface area (Å²) in [5.41, 5.74) is 2.43. The summed E-state index contributed by atoms with van der Waals surface area (Å²) in [5.74, 6) is -0.571. The van der Waals surface area contributed by atoms with Crippen LogP contribution in [0.5, 0.6) is 5.75 Å². The number of anilines is 1. The Kier molecular flexibility index (Phi) is 5.95. The lowest BCUT2D eigenvalue weighted by Crippen LogP contribution is -2.37. The number of benzene rings is 2. The number of nitrogens with one attached hydrogen (secondary N) is 2. The molecule has 2 aromatic carbocycles. The minimum absolute atomic E-state index is 0.282. The number of rotatable bonds is 5. The van der Waals surface area contributed by atoms with Crippen LogP contribution in [0.4, 0.5) is 5.69 Å². The van der Waals surface area contributed by atoms with Gasteiger partial charge in [-0.2, -0.15) is 0 Å². The third kappa shape index (κ3) is 4.59. The highest BCUT2D eigenvalue weighted by molar-refractivity contribution is 6.39. The zero-order valence-electron chi connectivity index (χ0n) is 14.1. The SMILES string of the molecule is CCOc1ccc(C(C)NC(=O)C(=O)Nc2ccccc2C)cc1. The van der Waals surface area contributed by atoms with E-state index in [0.29, 0.717) is 12.3 Å². The topological polar surface area (TPSA) is 67.4 Å². The summed E-state index contributed by atoms with van der Waals surface area (Å²) in [6.45, 7) is 6.22. The third-order valence-electron chi connectivity index (χ3n) is 3.64. The van der Waals surface area contributed by atoms with E-state index in [9.17, 15) is 9.59 Å². The molecule has 126 valence electrons. The number of aryl methyl sites for hydroxylation is 1. The molecule has 5 heteroatoms. The van der Waals surface area contributed by atoms with Crippen LogP contribution >= 0.6 is 0 Å². The molecule has 0 saturated heterocycles. The number of carbonyl (C=O) groups excluding carboxylic acids is 2. The molecule has 2 rings (SSSR count). The molecule has 0 aliphatic rings. The molecule has 0 aliphatic heterocycles. The summed E-state index contributed by atoms with van der Waals surface area (Å²) < 4.78 is 5.39. The molecule has 0 saturated carbocycles. The van der Waals surface area contributed by atoms with Crippen molar-refractivity contribution in [2.75, 3.05) is 11.9 Å². The Morgan fingerprint density at radius 1 is 1.04 bits per heavy atom. The fraction of sp³-hybridized carbons (Fsp3) is 0.263. The molecule has 0 radical (unpaired) electrons. The minimum Gasteiger partial charge on any atom is -0.494 e. The van der Waals surface area contributed by atoms with Crippen LogP contribution in [0.2, 0.25) is 0 Å². The van der Waals surface area contributed by atoms with Gasteiger partial charge in [0, 0.05) is 5.69 Å². The quantitative estimate of drug-likeness (QED) is 0.829. The van der Waals surface area contributed by atoms with Gasteiger partial charge in [0.1, 0.15) is 5.75 Å². The number of carbonyl (C=O) groups is 2. The average Bonchev–Trinajstić information content (AvgIpc) is 2.57. The van der Waals surface area contributed by atoms with E-state index in [0.717, 1.165) is 16.9 Å². The van der Waals surface area contributed by atoms with E-state index in [1.54, 1.807) is 6.07 Å². The first-order valence-electron chi connectivity index (χ1n) is 7.91. The second-order valence-electron chi connectivity index (χ2n) is 5.47. The number of hydrogen-bond donors (Lipinski definition) is 2. The summed E-state index contributed by atoms with van der Waals surface area (Å²) in [5, 5.41) is 5.32. The Bertz CT molecular complexity index is 711. The van der Waals surface area contributed by atoms with Gasteiger partial charge < -0.3 is 15.4 Å². The molecule has 2 N–H and O–H groups in total. The Balaban J connectivity index is 1.95. The lowest BCUT2D eigenvalue weighted by molar-refractivity contribution is -0.136. The standard InChI is InChI=1S/C19H22N2O3/c1-4-24-16-11-9-15(10-12-16)14(3)20-18(22)19(23)21-17-8-6-5-7-13(17)2/h5-12,14H,4H2,1-3H3,(H,20,22)(H,21,23). The van der Waals surface area contributed by atoms with E-state index in [-0.39, 0.29) is 6.04 Å². The second kappa shape index (κ2) is 8.15. The smallest absolute Gasteiger partial charge is 0.313 e. The second-order valence-corrected chi connectivity index (χ2v) is 5.47. The summed E-state index contributed by atoms with van der Waals surface area (Å²) in [4.78, 5) is 24.1. The van der Waals surface area contributed by atoms with E-state index >= 15 is 0 Å². The molecule has 0 spiro atoms. The van der Waals surface area contributed by atoms with Gasteiger partial charge in [-0.25, -0.2) is 0 Å². The van der Waals surface area contributed by atoms with Crippen molar-refractivity contribution >= 4 is 17.5 Å². The molecule has 0 heterocycles. The Morgan fingerprint density at radius 2 is 1.71 bits per heavy atom. The molecule has 0 bridgehead atoms. The first kappa shape index (κ1) is 17.5. The maximum absolute atomic E-state index is 12.1. The van der Waals surface area contributed by atoms with Gasteiger partial charge >= 0.3 is 11.8 Å². The Morgan fingerprint density at radius 3 is 2.33 bits per heavy atom. The third-order valence-corrected chi connectivity index (χ3v) is 3.64. The van der Waals surface area contributed by atoms with Crippen molar-refractivity contribution in [2.45, 2.75) is 26.8 Å². The van der Waals surface area contributed by atoms with Gasteiger partial charge in [-0.1, -0.05) is 30.3 Å². The van der Waals surface area contributed by atoms with Gasteiger partial charge in [-0.3, -0.25) is 9.59 Å². The van der Waals surface area contributed by atoms with Crippen LogP contribution in [-0.4, -0.2) is 18.4 Å². The van der Waals surface area contributed by atoms with Gasteiger partial charge in [-0.05, 0) is 50.1 Å². The molecule has 5 nitrogen and oxygen atoms in total. The number of hydrogen-bond acceptors (Lipinski definition) is 3. The zero-order valence-corrected chi connectivity index (χ0v) is 14.1. The van der Waals surface area contributed by atoms with Crippen LogP contribution in [0, 0.1) is 6.92 Å². The van der Waals surface area contributed by atoms with Crippen LogP contribution < -0.4 is 15.4 Å². The fourth-order valence-electron chi connectivity index (χ4n) is 2.26. The molecule has 2 amide bonds. The predicted molar refractivity (Wildman–Crippen MR) is 94.0 cm³/mol. The van der Waals surface area contributed by atoms with Crippen molar-refractivity contribution in [3.8, 4) is 5.75 Å². The molecule has 1 atom stereocenters. The summed E-state index contributed by atoms with van der Waals surface area (Å²) in [6, 6.07) is 14.5. The van der Waals surface area contributed by atoms with Crippen LogP contribution in [-0.2, 0) is 9.59 Å². The van der Waals surface area contributed by atoms with E-state index in [2.05, 4.69) is 10.6 Å². The van der Waals surface area contributed by atoms with Crippen LogP contribution in [0.15, 0.2) is 48.5 Å². The Hall–Kier alpha value is -2.82. The van der Waals surface area contributed by atoms with Gasteiger partial charge in [0.2, 0.25) is 0 Å². The first-order valence-corrected chi connectivity index (χ1v) is 7.91. The first-order chi connectivity index (χ1) is 11.5. The monoisotopic (exact) mass is 326 g/mol. The molecule has 2 aromatic rings. The van der Waals surface area contributed by atoms with Crippen LogP contribution in [0.25, 0.3) is 0 Å².